The average Bonchev–Trinajstić information content (AvgIpc) is 3.26. The Morgan fingerprint density at radius 1 is 1.30 bits per heavy atom. The van der Waals surface area contributed by atoms with Gasteiger partial charge < -0.3 is 19.7 Å². The van der Waals surface area contributed by atoms with Crippen LogP contribution in [0.15, 0.2) is 0 Å². The molecule has 6 heteroatoms. The van der Waals surface area contributed by atoms with Gasteiger partial charge in [-0.2, -0.15) is 0 Å². The first-order chi connectivity index (χ1) is 9.60. The smallest absolute Gasteiger partial charge is 0.246 e. The molecular formula is C14H24N2O4. The van der Waals surface area contributed by atoms with E-state index in [4.69, 9.17) is 9.47 Å². The van der Waals surface area contributed by atoms with Crippen molar-refractivity contribution in [1.82, 2.24) is 10.2 Å². The zero-order valence-electron chi connectivity index (χ0n) is 12.3. The molecule has 0 spiro atoms. The van der Waals surface area contributed by atoms with Gasteiger partial charge in [0.15, 0.2) is 0 Å². The van der Waals surface area contributed by atoms with Gasteiger partial charge in [0.25, 0.3) is 0 Å². The van der Waals surface area contributed by atoms with Crippen molar-refractivity contribution in [3.05, 3.63) is 0 Å². The van der Waals surface area contributed by atoms with Gasteiger partial charge in [0.2, 0.25) is 11.8 Å². The quantitative estimate of drug-likeness (QED) is 0.645. The summed E-state index contributed by atoms with van der Waals surface area (Å²) in [7, 11) is 1.66. The maximum Gasteiger partial charge on any atom is 0.246 e. The van der Waals surface area contributed by atoms with Crippen LogP contribution in [0.1, 0.15) is 26.2 Å². The Kier molecular flexibility index (Phi) is 4.99. The lowest BCUT2D eigenvalue weighted by atomic mass is 9.90. The highest BCUT2D eigenvalue weighted by Crippen LogP contribution is 2.44. The molecular weight excluding hydrogens is 260 g/mol. The number of ether oxygens (including phenoxy) is 2. The maximum absolute atomic E-state index is 12.2. The molecule has 0 radical (unpaired) electrons. The highest BCUT2D eigenvalue weighted by molar-refractivity contribution is 5.98. The molecule has 2 aliphatic rings. The molecule has 1 aliphatic carbocycles. The molecule has 1 heterocycles. The van der Waals surface area contributed by atoms with Gasteiger partial charge in [0, 0.05) is 26.9 Å². The van der Waals surface area contributed by atoms with E-state index in [-0.39, 0.29) is 18.4 Å². The normalized spacial score (nSPS) is 26.8. The van der Waals surface area contributed by atoms with Crippen molar-refractivity contribution in [3.8, 4) is 0 Å². The van der Waals surface area contributed by atoms with Crippen LogP contribution < -0.4 is 5.32 Å². The number of carbonyl (C=O) groups is 2. The van der Waals surface area contributed by atoms with E-state index < -0.39 is 5.54 Å². The van der Waals surface area contributed by atoms with Crippen molar-refractivity contribution in [2.45, 2.75) is 31.7 Å². The van der Waals surface area contributed by atoms with Crippen LogP contribution in [0.25, 0.3) is 0 Å². The Morgan fingerprint density at radius 3 is 2.70 bits per heavy atom. The lowest BCUT2D eigenvalue weighted by molar-refractivity contribution is -0.155. The lowest BCUT2D eigenvalue weighted by Gasteiger charge is -2.43. The largest absolute Gasteiger partial charge is 0.385 e. The van der Waals surface area contributed by atoms with E-state index in [0.717, 1.165) is 19.3 Å². The van der Waals surface area contributed by atoms with Crippen LogP contribution in [0.2, 0.25) is 0 Å². The third-order valence-corrected chi connectivity index (χ3v) is 4.19. The summed E-state index contributed by atoms with van der Waals surface area (Å²) in [5.74, 6) is 0.249. The van der Waals surface area contributed by atoms with E-state index >= 15 is 0 Å². The van der Waals surface area contributed by atoms with Crippen LogP contribution in [0.4, 0.5) is 0 Å². The molecule has 1 atom stereocenters. The number of rotatable bonds is 8. The number of hydrogen-bond acceptors (Lipinski definition) is 4. The van der Waals surface area contributed by atoms with E-state index in [0.29, 0.717) is 32.3 Å². The van der Waals surface area contributed by atoms with Crippen LogP contribution in [0.3, 0.4) is 0 Å². The van der Waals surface area contributed by atoms with Crippen molar-refractivity contribution in [2.24, 2.45) is 5.92 Å². The maximum atomic E-state index is 12.2. The zero-order chi connectivity index (χ0) is 14.6. The molecule has 6 nitrogen and oxygen atoms in total. The van der Waals surface area contributed by atoms with Crippen LogP contribution in [0.5, 0.6) is 0 Å². The fourth-order valence-corrected chi connectivity index (χ4v) is 2.78. The van der Waals surface area contributed by atoms with Gasteiger partial charge >= 0.3 is 0 Å². The molecule has 2 fully saturated rings. The van der Waals surface area contributed by atoms with Crippen LogP contribution in [-0.2, 0) is 19.1 Å². The Morgan fingerprint density at radius 2 is 2.05 bits per heavy atom. The minimum Gasteiger partial charge on any atom is -0.385 e. The van der Waals surface area contributed by atoms with Gasteiger partial charge in [0.05, 0.1) is 13.2 Å². The molecule has 1 saturated carbocycles. The van der Waals surface area contributed by atoms with Crippen LogP contribution >= 0.6 is 0 Å². The van der Waals surface area contributed by atoms with Gasteiger partial charge in [-0.15, -0.1) is 0 Å². The molecule has 2 rings (SSSR count). The number of nitrogens with zero attached hydrogens (tertiary/aromatic N) is 1. The zero-order valence-corrected chi connectivity index (χ0v) is 12.3. The highest BCUT2D eigenvalue weighted by Gasteiger charge is 2.54. The molecule has 114 valence electrons. The number of methoxy groups -OCH3 is 1. The second-order valence-electron chi connectivity index (χ2n) is 5.61. The molecule has 2 amide bonds. The number of carbonyl (C=O) groups excluding carboxylic acids is 2. The van der Waals surface area contributed by atoms with E-state index in [1.165, 1.54) is 0 Å². The number of hydrogen-bond donors (Lipinski definition) is 1. The Bertz CT molecular complexity index is 370. The molecule has 1 aliphatic heterocycles. The summed E-state index contributed by atoms with van der Waals surface area (Å²) >= 11 is 0. The van der Waals surface area contributed by atoms with E-state index in [1.54, 1.807) is 12.0 Å². The fourth-order valence-electron chi connectivity index (χ4n) is 2.78. The monoisotopic (exact) mass is 284 g/mol. The van der Waals surface area contributed by atoms with Gasteiger partial charge in [-0.05, 0) is 32.1 Å². The molecule has 0 aromatic carbocycles. The van der Waals surface area contributed by atoms with E-state index in [2.05, 4.69) is 5.32 Å². The summed E-state index contributed by atoms with van der Waals surface area (Å²) < 4.78 is 10.5. The van der Waals surface area contributed by atoms with Crippen molar-refractivity contribution in [2.75, 3.05) is 40.0 Å². The molecule has 0 aromatic heterocycles. The summed E-state index contributed by atoms with van der Waals surface area (Å²) in [6.07, 6.45) is 2.87. The Hall–Kier alpha value is -1.14. The number of nitrogens with one attached hydrogen (secondary N) is 1. The minimum absolute atomic E-state index is 0.0144. The second-order valence-corrected chi connectivity index (χ2v) is 5.61. The first kappa shape index (κ1) is 15.3. The topological polar surface area (TPSA) is 67.9 Å². The van der Waals surface area contributed by atoms with Gasteiger partial charge in [-0.3, -0.25) is 9.59 Å². The van der Waals surface area contributed by atoms with Crippen LogP contribution in [-0.4, -0.2) is 62.3 Å². The van der Waals surface area contributed by atoms with E-state index in [1.807, 2.05) is 6.92 Å². The third kappa shape index (κ3) is 3.12. The van der Waals surface area contributed by atoms with Crippen LogP contribution in [0, 0.1) is 5.92 Å². The summed E-state index contributed by atoms with van der Waals surface area (Å²) in [4.78, 5) is 26.0. The SMILES string of the molecule is COCCCOCCN1C(=O)CNC(=O)C1(C)C1CC1. The van der Waals surface area contributed by atoms with Crippen molar-refractivity contribution >= 4 is 11.8 Å². The van der Waals surface area contributed by atoms with Crippen molar-refractivity contribution in [3.63, 3.8) is 0 Å². The standard InChI is InChI=1S/C14H24N2O4/c1-14(11-4-5-11)13(18)15-10-12(17)16(14)6-9-20-8-3-7-19-2/h11H,3-10H2,1-2H3,(H,15,18). The lowest BCUT2D eigenvalue weighted by Crippen LogP contribution is -2.67. The molecule has 1 N–H and O–H groups in total. The third-order valence-electron chi connectivity index (χ3n) is 4.19. The van der Waals surface area contributed by atoms with Gasteiger partial charge in [0.1, 0.15) is 5.54 Å². The van der Waals surface area contributed by atoms with Crippen molar-refractivity contribution < 1.29 is 19.1 Å². The summed E-state index contributed by atoms with van der Waals surface area (Å²) in [6, 6.07) is 0. The highest BCUT2D eigenvalue weighted by atomic mass is 16.5. The second kappa shape index (κ2) is 6.54. The fraction of sp³-hybridized carbons (Fsp3) is 0.857. The summed E-state index contributed by atoms with van der Waals surface area (Å²) in [5.41, 5.74) is -0.689. The molecule has 20 heavy (non-hydrogen) atoms. The first-order valence-corrected chi connectivity index (χ1v) is 7.26. The summed E-state index contributed by atoms with van der Waals surface area (Å²) in [5, 5.41) is 2.70. The van der Waals surface area contributed by atoms with Gasteiger partial charge in [-0.25, -0.2) is 0 Å². The molecule has 1 saturated heterocycles. The predicted octanol–water partition coefficient (Wildman–Crippen LogP) is 0.167. The first-order valence-electron chi connectivity index (χ1n) is 7.26. The average molecular weight is 284 g/mol. The summed E-state index contributed by atoms with van der Waals surface area (Å²) in [6.45, 7) is 4.21. The minimum atomic E-state index is -0.689. The van der Waals surface area contributed by atoms with Crippen molar-refractivity contribution in [1.29, 1.82) is 0 Å². The van der Waals surface area contributed by atoms with E-state index in [9.17, 15) is 9.59 Å². The molecule has 1 unspecified atom stereocenters. The molecule has 0 aromatic rings. The van der Waals surface area contributed by atoms with Gasteiger partial charge in [-0.1, -0.05) is 0 Å². The molecule has 0 bridgehead atoms. The Balaban J connectivity index is 1.86. The number of piperazine rings is 1. The Labute approximate surface area is 119 Å². The predicted molar refractivity (Wildman–Crippen MR) is 73.2 cm³/mol. The number of amides is 2.